The minimum Gasteiger partial charge on any atom is -0.450 e. The van der Waals surface area contributed by atoms with Crippen molar-refractivity contribution in [2.24, 2.45) is 10.2 Å². The topological polar surface area (TPSA) is 77.3 Å². The molecular formula is C10H10N2O4. The molecule has 16 heavy (non-hydrogen) atoms. The molecule has 0 heterocycles. The van der Waals surface area contributed by atoms with E-state index in [-0.39, 0.29) is 6.61 Å². The second-order valence-corrected chi connectivity index (χ2v) is 2.71. The molecule has 0 atom stereocenters. The van der Waals surface area contributed by atoms with Gasteiger partial charge in [0.2, 0.25) is 0 Å². The third-order valence-corrected chi connectivity index (χ3v) is 1.59. The molecule has 0 unspecified atom stereocenters. The van der Waals surface area contributed by atoms with Crippen LogP contribution in [0.2, 0.25) is 0 Å². The Kier molecular flexibility index (Phi) is 4.65. The summed E-state index contributed by atoms with van der Waals surface area (Å²) >= 11 is 0. The van der Waals surface area contributed by atoms with Gasteiger partial charge in [-0.3, -0.25) is 0 Å². The summed E-state index contributed by atoms with van der Waals surface area (Å²) in [5, 5.41) is 5.94. The van der Waals surface area contributed by atoms with Gasteiger partial charge >= 0.3 is 12.2 Å². The van der Waals surface area contributed by atoms with Gasteiger partial charge in [-0.15, -0.1) is 0 Å². The minimum atomic E-state index is -0.948. The van der Waals surface area contributed by atoms with E-state index in [4.69, 9.17) is 4.74 Å². The lowest BCUT2D eigenvalue weighted by molar-refractivity contribution is 0.146. The van der Waals surface area contributed by atoms with Crippen molar-refractivity contribution >= 4 is 12.2 Å². The van der Waals surface area contributed by atoms with Crippen LogP contribution in [-0.4, -0.2) is 19.3 Å². The lowest BCUT2D eigenvalue weighted by Crippen LogP contribution is -2.00. The van der Waals surface area contributed by atoms with Gasteiger partial charge in [0.25, 0.3) is 0 Å². The first-order valence-corrected chi connectivity index (χ1v) is 4.42. The summed E-state index contributed by atoms with van der Waals surface area (Å²) in [4.78, 5) is 21.4. The van der Waals surface area contributed by atoms with Crippen LogP contribution >= 0.6 is 0 Å². The Hall–Kier alpha value is -2.24. The largest absolute Gasteiger partial charge is 0.452 e. The van der Waals surface area contributed by atoms with E-state index in [1.54, 1.807) is 12.1 Å². The van der Waals surface area contributed by atoms with Gasteiger partial charge in [0.1, 0.15) is 6.61 Å². The first kappa shape index (κ1) is 11.8. The van der Waals surface area contributed by atoms with Crippen molar-refractivity contribution in [3.63, 3.8) is 0 Å². The molecule has 0 bridgehead atoms. The first-order valence-electron chi connectivity index (χ1n) is 4.42. The van der Waals surface area contributed by atoms with Gasteiger partial charge in [0.15, 0.2) is 0 Å². The molecule has 1 aromatic carbocycles. The van der Waals surface area contributed by atoms with Crippen LogP contribution in [0.1, 0.15) is 5.56 Å². The maximum absolute atomic E-state index is 10.9. The molecule has 0 N–H and O–H groups in total. The Morgan fingerprint density at radius 1 is 1.12 bits per heavy atom. The van der Waals surface area contributed by atoms with Gasteiger partial charge in [-0.05, 0) is 5.56 Å². The molecule has 2 amide bonds. The summed E-state index contributed by atoms with van der Waals surface area (Å²) < 4.78 is 8.87. The minimum absolute atomic E-state index is 0.0832. The SMILES string of the molecule is COC(=O)N=NC(=O)OCc1ccccc1. The number of ether oxygens (including phenoxy) is 2. The number of nitrogens with zero attached hydrogens (tertiary/aromatic N) is 2. The number of carbonyl (C=O) groups is 2. The molecule has 6 heteroatoms. The number of methoxy groups -OCH3 is 1. The highest BCUT2D eigenvalue weighted by Crippen LogP contribution is 2.01. The van der Waals surface area contributed by atoms with Gasteiger partial charge in [-0.25, -0.2) is 9.59 Å². The van der Waals surface area contributed by atoms with E-state index in [1.165, 1.54) is 0 Å². The lowest BCUT2D eigenvalue weighted by atomic mass is 10.2. The molecule has 0 aliphatic heterocycles. The fourth-order valence-electron chi connectivity index (χ4n) is 0.871. The van der Waals surface area contributed by atoms with Crippen molar-refractivity contribution in [3.05, 3.63) is 35.9 Å². The monoisotopic (exact) mass is 222 g/mol. The average Bonchev–Trinajstić information content (AvgIpc) is 2.34. The Morgan fingerprint density at radius 2 is 1.75 bits per heavy atom. The van der Waals surface area contributed by atoms with Crippen LogP contribution in [0.25, 0.3) is 0 Å². The third-order valence-electron chi connectivity index (χ3n) is 1.59. The van der Waals surface area contributed by atoms with E-state index in [2.05, 4.69) is 15.0 Å². The Labute approximate surface area is 91.9 Å². The predicted molar refractivity (Wildman–Crippen MR) is 53.9 cm³/mol. The van der Waals surface area contributed by atoms with Crippen LogP contribution in [0.3, 0.4) is 0 Å². The highest BCUT2D eigenvalue weighted by atomic mass is 16.6. The standard InChI is InChI=1S/C10H10N2O4/c1-15-9(13)11-12-10(14)16-7-8-5-3-2-4-6-8/h2-6H,7H2,1H3. The summed E-state index contributed by atoms with van der Waals surface area (Å²) in [7, 11) is 1.14. The second-order valence-electron chi connectivity index (χ2n) is 2.71. The van der Waals surface area contributed by atoms with Gasteiger partial charge in [-0.1, -0.05) is 40.6 Å². The number of hydrogen-bond donors (Lipinski definition) is 0. The molecule has 1 aromatic rings. The zero-order valence-corrected chi connectivity index (χ0v) is 8.62. The molecule has 0 aliphatic rings. The molecule has 0 fully saturated rings. The normalized spacial score (nSPS) is 10.1. The van der Waals surface area contributed by atoms with Crippen LogP contribution < -0.4 is 0 Å². The zero-order chi connectivity index (χ0) is 11.8. The van der Waals surface area contributed by atoms with E-state index >= 15 is 0 Å². The molecule has 0 aliphatic carbocycles. The third kappa shape index (κ3) is 4.32. The van der Waals surface area contributed by atoms with Crippen molar-refractivity contribution in [1.82, 2.24) is 0 Å². The zero-order valence-electron chi connectivity index (χ0n) is 8.62. The highest BCUT2D eigenvalue weighted by Gasteiger charge is 2.02. The van der Waals surface area contributed by atoms with Crippen LogP contribution in [0.4, 0.5) is 9.59 Å². The van der Waals surface area contributed by atoms with Crippen molar-refractivity contribution in [2.45, 2.75) is 6.61 Å². The van der Waals surface area contributed by atoms with Crippen LogP contribution in [0.15, 0.2) is 40.6 Å². The number of benzene rings is 1. The maximum atomic E-state index is 10.9. The molecule has 0 radical (unpaired) electrons. The molecular weight excluding hydrogens is 212 g/mol. The summed E-state index contributed by atoms with van der Waals surface area (Å²) in [5.41, 5.74) is 0.823. The van der Waals surface area contributed by atoms with Crippen molar-refractivity contribution in [3.8, 4) is 0 Å². The van der Waals surface area contributed by atoms with E-state index in [9.17, 15) is 9.59 Å². The summed E-state index contributed by atoms with van der Waals surface area (Å²) in [5.74, 6) is 0. The second kappa shape index (κ2) is 6.28. The first-order chi connectivity index (χ1) is 7.72. The lowest BCUT2D eigenvalue weighted by Gasteiger charge is -1.99. The fourth-order valence-corrected chi connectivity index (χ4v) is 0.871. The van der Waals surface area contributed by atoms with Crippen molar-refractivity contribution < 1.29 is 19.1 Å². The van der Waals surface area contributed by atoms with E-state index in [0.29, 0.717) is 0 Å². The van der Waals surface area contributed by atoms with Gasteiger partial charge in [0.05, 0.1) is 7.11 Å². The summed E-state index contributed by atoms with van der Waals surface area (Å²) in [6, 6.07) is 9.08. The Morgan fingerprint density at radius 3 is 2.38 bits per heavy atom. The molecule has 0 aromatic heterocycles. The number of carbonyl (C=O) groups excluding carboxylic acids is 2. The van der Waals surface area contributed by atoms with Gasteiger partial charge < -0.3 is 9.47 Å². The Balaban J connectivity index is 2.36. The van der Waals surface area contributed by atoms with E-state index in [1.807, 2.05) is 18.2 Å². The molecule has 0 spiro atoms. The fraction of sp³-hybridized carbons (Fsp3) is 0.200. The molecule has 0 saturated carbocycles. The van der Waals surface area contributed by atoms with Gasteiger partial charge in [0, 0.05) is 0 Å². The smallest absolute Gasteiger partial charge is 0.450 e. The number of amides is 2. The van der Waals surface area contributed by atoms with Crippen LogP contribution in [0, 0.1) is 0 Å². The molecule has 1 rings (SSSR count). The number of hydrogen-bond acceptors (Lipinski definition) is 4. The van der Waals surface area contributed by atoms with Crippen LogP contribution in [0.5, 0.6) is 0 Å². The van der Waals surface area contributed by atoms with E-state index in [0.717, 1.165) is 12.7 Å². The number of azo groups is 1. The predicted octanol–water partition coefficient (Wildman–Crippen LogP) is 2.54. The van der Waals surface area contributed by atoms with Crippen molar-refractivity contribution in [1.29, 1.82) is 0 Å². The quantitative estimate of drug-likeness (QED) is 0.720. The maximum Gasteiger partial charge on any atom is 0.452 e. The van der Waals surface area contributed by atoms with Crippen molar-refractivity contribution in [2.75, 3.05) is 7.11 Å². The molecule has 6 nitrogen and oxygen atoms in total. The van der Waals surface area contributed by atoms with E-state index < -0.39 is 12.2 Å². The molecule has 84 valence electrons. The summed E-state index contributed by atoms with van der Waals surface area (Å²) in [6.45, 7) is 0.0832. The Bertz CT molecular complexity index is 389. The molecule has 0 saturated heterocycles. The summed E-state index contributed by atoms with van der Waals surface area (Å²) in [6.07, 6.45) is -1.88. The van der Waals surface area contributed by atoms with Crippen LogP contribution in [-0.2, 0) is 16.1 Å². The highest BCUT2D eigenvalue weighted by molar-refractivity contribution is 5.72. The number of rotatable bonds is 2. The van der Waals surface area contributed by atoms with Gasteiger partial charge in [-0.2, -0.15) is 0 Å². The average molecular weight is 222 g/mol.